The van der Waals surface area contributed by atoms with Crippen molar-refractivity contribution >= 4 is 11.7 Å². The molecule has 25 heavy (non-hydrogen) atoms. The van der Waals surface area contributed by atoms with Gasteiger partial charge in [-0.05, 0) is 19.8 Å². The SMILES string of the molecule is COCC(C)n1ccc(NC(=O)CCc2nnc(C3CCCC3)o2)n1. The average Bonchev–Trinajstić information content (AvgIpc) is 3.34. The molecule has 8 nitrogen and oxygen atoms in total. The molecule has 1 saturated carbocycles. The van der Waals surface area contributed by atoms with E-state index in [4.69, 9.17) is 9.15 Å². The summed E-state index contributed by atoms with van der Waals surface area (Å²) < 4.78 is 12.6. The molecule has 1 fully saturated rings. The van der Waals surface area contributed by atoms with Gasteiger partial charge in [-0.2, -0.15) is 5.10 Å². The number of amides is 1. The monoisotopic (exact) mass is 347 g/mol. The number of methoxy groups -OCH3 is 1. The van der Waals surface area contributed by atoms with Crippen molar-refractivity contribution in [3.8, 4) is 0 Å². The number of carbonyl (C=O) groups is 1. The summed E-state index contributed by atoms with van der Waals surface area (Å²) in [5.41, 5.74) is 0. The predicted octanol–water partition coefficient (Wildman–Crippen LogP) is 2.70. The van der Waals surface area contributed by atoms with Gasteiger partial charge in [0.15, 0.2) is 5.82 Å². The fourth-order valence-electron chi connectivity index (χ4n) is 3.10. The van der Waals surface area contributed by atoms with Crippen LogP contribution in [0, 0.1) is 0 Å². The summed E-state index contributed by atoms with van der Waals surface area (Å²) in [6, 6.07) is 1.89. The molecule has 2 aromatic heterocycles. The largest absolute Gasteiger partial charge is 0.425 e. The van der Waals surface area contributed by atoms with Crippen molar-refractivity contribution in [1.82, 2.24) is 20.0 Å². The van der Waals surface area contributed by atoms with Gasteiger partial charge in [0.25, 0.3) is 0 Å². The Labute approximate surface area is 146 Å². The maximum Gasteiger partial charge on any atom is 0.226 e. The number of rotatable bonds is 8. The Bertz CT molecular complexity index is 690. The van der Waals surface area contributed by atoms with Crippen molar-refractivity contribution in [1.29, 1.82) is 0 Å². The molecule has 1 atom stereocenters. The summed E-state index contributed by atoms with van der Waals surface area (Å²) in [5.74, 6) is 2.05. The smallest absolute Gasteiger partial charge is 0.226 e. The van der Waals surface area contributed by atoms with E-state index in [-0.39, 0.29) is 18.4 Å². The first-order chi connectivity index (χ1) is 12.2. The topological polar surface area (TPSA) is 95.1 Å². The molecule has 3 rings (SSSR count). The predicted molar refractivity (Wildman–Crippen MR) is 91.3 cm³/mol. The van der Waals surface area contributed by atoms with Crippen LogP contribution in [0.2, 0.25) is 0 Å². The molecule has 0 radical (unpaired) electrons. The Morgan fingerprint density at radius 1 is 1.44 bits per heavy atom. The fourth-order valence-corrected chi connectivity index (χ4v) is 3.10. The van der Waals surface area contributed by atoms with Crippen LogP contribution >= 0.6 is 0 Å². The molecule has 0 saturated heterocycles. The van der Waals surface area contributed by atoms with E-state index in [1.807, 2.05) is 13.1 Å². The van der Waals surface area contributed by atoms with Crippen molar-refractivity contribution in [2.45, 2.75) is 57.4 Å². The minimum atomic E-state index is -0.120. The molecule has 1 N–H and O–H groups in total. The van der Waals surface area contributed by atoms with Crippen molar-refractivity contribution in [3.63, 3.8) is 0 Å². The normalized spacial score (nSPS) is 16.2. The van der Waals surface area contributed by atoms with E-state index in [1.54, 1.807) is 17.9 Å². The van der Waals surface area contributed by atoms with Crippen LogP contribution in [0.5, 0.6) is 0 Å². The zero-order valence-corrected chi connectivity index (χ0v) is 14.8. The van der Waals surface area contributed by atoms with Gasteiger partial charge in [0.2, 0.25) is 17.7 Å². The quantitative estimate of drug-likeness (QED) is 0.789. The van der Waals surface area contributed by atoms with E-state index in [9.17, 15) is 4.79 Å². The Kier molecular flexibility index (Phi) is 5.80. The van der Waals surface area contributed by atoms with Crippen LogP contribution in [-0.2, 0) is 16.0 Å². The number of nitrogens with one attached hydrogen (secondary N) is 1. The lowest BCUT2D eigenvalue weighted by molar-refractivity contribution is -0.116. The van der Waals surface area contributed by atoms with Crippen molar-refractivity contribution < 1.29 is 13.9 Å². The number of ether oxygens (including phenoxy) is 1. The zero-order valence-electron chi connectivity index (χ0n) is 14.8. The number of anilines is 1. The summed E-state index contributed by atoms with van der Waals surface area (Å²) in [6.45, 7) is 2.56. The summed E-state index contributed by atoms with van der Waals surface area (Å²) >= 11 is 0. The van der Waals surface area contributed by atoms with Crippen LogP contribution in [0.15, 0.2) is 16.7 Å². The van der Waals surface area contributed by atoms with Crippen LogP contribution in [0.25, 0.3) is 0 Å². The van der Waals surface area contributed by atoms with Crippen LogP contribution in [-0.4, -0.2) is 39.6 Å². The molecule has 1 aliphatic carbocycles. The van der Waals surface area contributed by atoms with Gasteiger partial charge < -0.3 is 14.5 Å². The molecule has 8 heteroatoms. The van der Waals surface area contributed by atoms with Gasteiger partial charge in [0.1, 0.15) is 0 Å². The zero-order chi connectivity index (χ0) is 17.6. The van der Waals surface area contributed by atoms with Crippen LogP contribution in [0.4, 0.5) is 5.82 Å². The van der Waals surface area contributed by atoms with Crippen molar-refractivity contribution in [2.24, 2.45) is 0 Å². The molecule has 0 aliphatic heterocycles. The minimum Gasteiger partial charge on any atom is -0.425 e. The van der Waals surface area contributed by atoms with E-state index < -0.39 is 0 Å². The molecule has 0 bridgehead atoms. The van der Waals surface area contributed by atoms with E-state index in [0.717, 1.165) is 18.7 Å². The molecular weight excluding hydrogens is 322 g/mol. The second-order valence-corrected chi connectivity index (χ2v) is 6.55. The molecule has 1 amide bonds. The second-order valence-electron chi connectivity index (χ2n) is 6.55. The highest BCUT2D eigenvalue weighted by atomic mass is 16.5. The Morgan fingerprint density at radius 3 is 3.00 bits per heavy atom. The first-order valence-corrected chi connectivity index (χ1v) is 8.82. The Morgan fingerprint density at radius 2 is 2.24 bits per heavy atom. The molecule has 1 aliphatic rings. The number of aryl methyl sites for hydroxylation is 1. The number of nitrogens with zero attached hydrogens (tertiary/aromatic N) is 4. The first-order valence-electron chi connectivity index (χ1n) is 8.82. The third-order valence-electron chi connectivity index (χ3n) is 4.49. The fraction of sp³-hybridized carbons (Fsp3) is 0.647. The molecule has 2 heterocycles. The third-order valence-corrected chi connectivity index (χ3v) is 4.49. The lowest BCUT2D eigenvalue weighted by Crippen LogP contribution is -2.15. The van der Waals surface area contributed by atoms with Gasteiger partial charge in [0.05, 0.1) is 12.6 Å². The highest BCUT2D eigenvalue weighted by Gasteiger charge is 2.22. The number of aromatic nitrogens is 4. The average molecular weight is 347 g/mol. The molecule has 1 unspecified atom stereocenters. The molecule has 0 spiro atoms. The maximum atomic E-state index is 12.1. The minimum absolute atomic E-state index is 0.114. The van der Waals surface area contributed by atoms with E-state index in [2.05, 4.69) is 20.6 Å². The summed E-state index contributed by atoms with van der Waals surface area (Å²) in [7, 11) is 1.65. The maximum absolute atomic E-state index is 12.1. The van der Waals surface area contributed by atoms with E-state index in [1.165, 1.54) is 12.8 Å². The number of carbonyl (C=O) groups excluding carboxylic acids is 1. The summed E-state index contributed by atoms with van der Waals surface area (Å²) in [6.07, 6.45) is 7.23. The van der Waals surface area contributed by atoms with Gasteiger partial charge in [-0.1, -0.05) is 12.8 Å². The summed E-state index contributed by atoms with van der Waals surface area (Å²) in [4.78, 5) is 12.1. The first kappa shape index (κ1) is 17.6. The highest BCUT2D eigenvalue weighted by Crippen LogP contribution is 2.33. The van der Waals surface area contributed by atoms with Crippen molar-refractivity contribution in [3.05, 3.63) is 24.0 Å². The van der Waals surface area contributed by atoms with E-state index in [0.29, 0.717) is 30.7 Å². The number of hydrogen-bond acceptors (Lipinski definition) is 6. The number of hydrogen-bond donors (Lipinski definition) is 1. The van der Waals surface area contributed by atoms with E-state index >= 15 is 0 Å². The lowest BCUT2D eigenvalue weighted by atomic mass is 10.1. The van der Waals surface area contributed by atoms with Gasteiger partial charge in [0, 0.05) is 38.1 Å². The summed E-state index contributed by atoms with van der Waals surface area (Å²) in [5, 5.41) is 15.3. The molecule has 0 aromatic carbocycles. The van der Waals surface area contributed by atoms with Gasteiger partial charge >= 0.3 is 0 Å². The van der Waals surface area contributed by atoms with Crippen LogP contribution in [0.1, 0.15) is 62.8 Å². The Hall–Kier alpha value is -2.22. The second kappa shape index (κ2) is 8.24. The molecule has 136 valence electrons. The molecular formula is C17H25N5O3. The van der Waals surface area contributed by atoms with Gasteiger partial charge in [-0.15, -0.1) is 10.2 Å². The highest BCUT2D eigenvalue weighted by molar-refractivity contribution is 5.89. The van der Waals surface area contributed by atoms with Crippen molar-refractivity contribution in [2.75, 3.05) is 19.0 Å². The standard InChI is InChI=1S/C17H25N5O3/c1-12(11-24-2)22-10-9-14(21-22)18-15(23)7-8-16-19-20-17(25-16)13-5-3-4-6-13/h9-10,12-13H,3-8,11H2,1-2H3,(H,18,21,23). The third kappa shape index (κ3) is 4.66. The van der Waals surface area contributed by atoms with Gasteiger partial charge in [-0.3, -0.25) is 9.48 Å². The lowest BCUT2D eigenvalue weighted by Gasteiger charge is -2.10. The van der Waals surface area contributed by atoms with Crippen LogP contribution < -0.4 is 5.32 Å². The van der Waals surface area contributed by atoms with Crippen LogP contribution in [0.3, 0.4) is 0 Å². The Balaban J connectivity index is 1.46. The van der Waals surface area contributed by atoms with Gasteiger partial charge in [-0.25, -0.2) is 0 Å². The molecule has 2 aromatic rings.